The summed E-state index contributed by atoms with van der Waals surface area (Å²) in [6.45, 7) is 5.12. The summed E-state index contributed by atoms with van der Waals surface area (Å²) in [4.78, 5) is 22.2. The zero-order valence-electron chi connectivity index (χ0n) is 12.6. The van der Waals surface area contributed by atoms with Gasteiger partial charge in [-0.25, -0.2) is 4.79 Å². The van der Waals surface area contributed by atoms with Crippen LogP contribution in [0, 0.1) is 11.8 Å². The summed E-state index contributed by atoms with van der Waals surface area (Å²) in [6.07, 6.45) is 4.98. The van der Waals surface area contributed by atoms with Crippen molar-refractivity contribution in [1.29, 1.82) is 0 Å². The average molecular weight is 296 g/mol. The van der Waals surface area contributed by atoms with Crippen LogP contribution in [0.1, 0.15) is 38.7 Å². The summed E-state index contributed by atoms with van der Waals surface area (Å²) in [5, 5.41) is 20.7. The van der Waals surface area contributed by atoms with Crippen LogP contribution in [0.3, 0.4) is 0 Å². The molecule has 7 heteroatoms. The summed E-state index contributed by atoms with van der Waals surface area (Å²) < 4.78 is 0. The molecule has 0 aromatic carbocycles. The van der Waals surface area contributed by atoms with Gasteiger partial charge in [0, 0.05) is 31.3 Å². The number of amides is 2. The van der Waals surface area contributed by atoms with E-state index in [-0.39, 0.29) is 12.5 Å². The number of hydrogen-bond donors (Lipinski definition) is 4. The van der Waals surface area contributed by atoms with Crippen molar-refractivity contribution >= 4 is 12.0 Å². The number of aromatic nitrogens is 2. The molecule has 1 rings (SSSR count). The summed E-state index contributed by atoms with van der Waals surface area (Å²) in [5.74, 6) is -0.0677. The molecule has 0 bridgehead atoms. The molecule has 1 aromatic rings. The number of nitrogens with one attached hydrogen (secondary N) is 3. The van der Waals surface area contributed by atoms with Gasteiger partial charge < -0.3 is 15.7 Å². The topological polar surface area (TPSA) is 107 Å². The van der Waals surface area contributed by atoms with E-state index in [0.29, 0.717) is 31.3 Å². The Kier molecular flexibility index (Phi) is 7.28. The highest BCUT2D eigenvalue weighted by atomic mass is 16.4. The first-order valence-electron chi connectivity index (χ1n) is 7.20. The van der Waals surface area contributed by atoms with Crippen molar-refractivity contribution in [3.05, 3.63) is 18.0 Å². The average Bonchev–Trinajstić information content (AvgIpc) is 2.92. The largest absolute Gasteiger partial charge is 0.481 e. The molecule has 0 aliphatic rings. The van der Waals surface area contributed by atoms with Crippen LogP contribution in [0.4, 0.5) is 4.79 Å². The lowest BCUT2D eigenvalue weighted by Crippen LogP contribution is -2.36. The van der Waals surface area contributed by atoms with Crippen LogP contribution in [0.25, 0.3) is 0 Å². The second-order valence-corrected chi connectivity index (χ2v) is 5.44. The fraction of sp³-hybridized carbons (Fsp3) is 0.643. The second kappa shape index (κ2) is 8.99. The van der Waals surface area contributed by atoms with E-state index in [1.165, 1.54) is 0 Å². The first-order valence-corrected chi connectivity index (χ1v) is 7.20. The van der Waals surface area contributed by atoms with E-state index in [1.807, 2.05) is 0 Å². The molecule has 1 unspecified atom stereocenters. The molecule has 1 heterocycles. The Morgan fingerprint density at radius 1 is 1.33 bits per heavy atom. The number of aliphatic carboxylic acids is 1. The van der Waals surface area contributed by atoms with Crippen molar-refractivity contribution in [3.63, 3.8) is 0 Å². The molecule has 2 amide bonds. The summed E-state index contributed by atoms with van der Waals surface area (Å²) >= 11 is 0. The highest BCUT2D eigenvalue weighted by Crippen LogP contribution is 2.20. The van der Waals surface area contributed by atoms with Gasteiger partial charge in [0.25, 0.3) is 0 Å². The molecule has 118 valence electrons. The highest BCUT2D eigenvalue weighted by molar-refractivity contribution is 5.73. The minimum Gasteiger partial charge on any atom is -0.481 e. The van der Waals surface area contributed by atoms with Crippen LogP contribution in [0.15, 0.2) is 12.4 Å². The van der Waals surface area contributed by atoms with Crippen LogP contribution in [0.2, 0.25) is 0 Å². The molecule has 0 aliphatic carbocycles. The Labute approximate surface area is 124 Å². The van der Waals surface area contributed by atoms with Gasteiger partial charge in [0.15, 0.2) is 0 Å². The van der Waals surface area contributed by atoms with Crippen LogP contribution in [-0.4, -0.2) is 33.8 Å². The third-order valence-corrected chi connectivity index (χ3v) is 3.48. The van der Waals surface area contributed by atoms with E-state index < -0.39 is 5.97 Å². The van der Waals surface area contributed by atoms with Gasteiger partial charge >= 0.3 is 12.0 Å². The third-order valence-electron chi connectivity index (χ3n) is 3.48. The number of hydrogen-bond acceptors (Lipinski definition) is 3. The lowest BCUT2D eigenvalue weighted by molar-refractivity contribution is -0.137. The maximum atomic E-state index is 11.6. The molecule has 0 fully saturated rings. The van der Waals surface area contributed by atoms with Crippen molar-refractivity contribution in [2.75, 3.05) is 6.54 Å². The number of aromatic amines is 1. The van der Waals surface area contributed by atoms with Gasteiger partial charge in [-0.1, -0.05) is 13.8 Å². The van der Waals surface area contributed by atoms with Gasteiger partial charge in [-0.15, -0.1) is 0 Å². The molecule has 1 aromatic heterocycles. The Bertz CT molecular complexity index is 431. The van der Waals surface area contributed by atoms with Crippen LogP contribution < -0.4 is 10.6 Å². The SMILES string of the molecule is CC(C)C(CCNC(=O)NCc1cn[nH]c1)CCC(=O)O. The quantitative estimate of drug-likeness (QED) is 0.556. The van der Waals surface area contributed by atoms with Crippen molar-refractivity contribution in [3.8, 4) is 0 Å². The van der Waals surface area contributed by atoms with E-state index in [0.717, 1.165) is 12.0 Å². The molecule has 21 heavy (non-hydrogen) atoms. The molecule has 1 atom stereocenters. The minimum atomic E-state index is -0.772. The van der Waals surface area contributed by atoms with E-state index in [2.05, 4.69) is 34.7 Å². The number of carboxylic acid groups (broad SMARTS) is 1. The number of nitrogens with zero attached hydrogens (tertiary/aromatic N) is 1. The predicted molar refractivity (Wildman–Crippen MR) is 78.6 cm³/mol. The van der Waals surface area contributed by atoms with Crippen LogP contribution in [-0.2, 0) is 11.3 Å². The van der Waals surface area contributed by atoms with Gasteiger partial charge in [0.2, 0.25) is 0 Å². The number of rotatable bonds is 9. The Morgan fingerprint density at radius 2 is 2.10 bits per heavy atom. The normalized spacial score (nSPS) is 12.1. The fourth-order valence-electron chi connectivity index (χ4n) is 2.11. The van der Waals surface area contributed by atoms with Gasteiger partial charge in [0.05, 0.1) is 6.20 Å². The van der Waals surface area contributed by atoms with E-state index in [1.54, 1.807) is 12.4 Å². The van der Waals surface area contributed by atoms with E-state index in [9.17, 15) is 9.59 Å². The molecular formula is C14H24N4O3. The number of carboxylic acids is 1. The number of carbonyl (C=O) groups is 2. The standard InChI is InChI=1S/C14H24N4O3/c1-10(2)12(3-4-13(19)20)5-6-15-14(21)16-7-11-8-17-18-9-11/h8-10,12H,3-7H2,1-2H3,(H,17,18)(H,19,20)(H2,15,16,21). The molecule has 0 aliphatic heterocycles. The van der Waals surface area contributed by atoms with E-state index in [4.69, 9.17) is 5.11 Å². The van der Waals surface area contributed by atoms with Gasteiger partial charge in [0.1, 0.15) is 0 Å². The zero-order chi connectivity index (χ0) is 15.7. The Balaban J connectivity index is 2.20. The zero-order valence-corrected chi connectivity index (χ0v) is 12.6. The maximum absolute atomic E-state index is 11.6. The molecule has 7 nitrogen and oxygen atoms in total. The summed E-state index contributed by atoms with van der Waals surface area (Å²) in [5.41, 5.74) is 0.909. The van der Waals surface area contributed by atoms with Gasteiger partial charge in [-0.3, -0.25) is 9.89 Å². The van der Waals surface area contributed by atoms with Gasteiger partial charge in [-0.2, -0.15) is 5.10 Å². The first-order chi connectivity index (χ1) is 9.99. The first kappa shape index (κ1) is 17.0. The van der Waals surface area contributed by atoms with Crippen molar-refractivity contribution in [1.82, 2.24) is 20.8 Å². The highest BCUT2D eigenvalue weighted by Gasteiger charge is 2.15. The predicted octanol–water partition coefficient (Wildman–Crippen LogP) is 1.74. The molecule has 0 radical (unpaired) electrons. The second-order valence-electron chi connectivity index (χ2n) is 5.44. The molecular weight excluding hydrogens is 272 g/mol. The Morgan fingerprint density at radius 3 is 2.67 bits per heavy atom. The third kappa shape index (κ3) is 7.34. The maximum Gasteiger partial charge on any atom is 0.315 e. The minimum absolute atomic E-state index is 0.176. The lowest BCUT2D eigenvalue weighted by Gasteiger charge is -2.20. The molecule has 4 N–H and O–H groups in total. The lowest BCUT2D eigenvalue weighted by atomic mass is 9.88. The van der Waals surface area contributed by atoms with Gasteiger partial charge in [-0.05, 0) is 24.7 Å². The van der Waals surface area contributed by atoms with Crippen molar-refractivity contribution < 1.29 is 14.7 Å². The monoisotopic (exact) mass is 296 g/mol. The van der Waals surface area contributed by atoms with Crippen LogP contribution >= 0.6 is 0 Å². The van der Waals surface area contributed by atoms with E-state index >= 15 is 0 Å². The van der Waals surface area contributed by atoms with Crippen molar-refractivity contribution in [2.24, 2.45) is 11.8 Å². The number of urea groups is 1. The van der Waals surface area contributed by atoms with Crippen LogP contribution in [0.5, 0.6) is 0 Å². The molecule has 0 saturated carbocycles. The smallest absolute Gasteiger partial charge is 0.315 e. The molecule has 0 spiro atoms. The number of H-pyrrole nitrogens is 1. The number of carbonyl (C=O) groups excluding carboxylic acids is 1. The molecule has 0 saturated heterocycles. The fourth-order valence-corrected chi connectivity index (χ4v) is 2.11. The van der Waals surface area contributed by atoms with Crippen molar-refractivity contribution in [2.45, 2.75) is 39.7 Å². The summed E-state index contributed by atoms with van der Waals surface area (Å²) in [7, 11) is 0. The Hall–Kier alpha value is -2.05. The summed E-state index contributed by atoms with van der Waals surface area (Å²) in [6, 6.07) is -0.225.